The maximum Gasteiger partial charge on any atom is 0.356 e. The van der Waals surface area contributed by atoms with E-state index in [4.69, 9.17) is 0 Å². The molecule has 0 aliphatic rings. The monoisotopic (exact) mass is 333 g/mol. The van der Waals surface area contributed by atoms with Crippen LogP contribution < -0.4 is 0 Å². The summed E-state index contributed by atoms with van der Waals surface area (Å²) in [6.45, 7) is 0. The number of esters is 1. The summed E-state index contributed by atoms with van der Waals surface area (Å²) in [5, 5.41) is 0.616. The van der Waals surface area contributed by atoms with E-state index in [9.17, 15) is 13.5 Å². The lowest BCUT2D eigenvalue weighted by molar-refractivity contribution is 0.0589. The number of benzene rings is 1. The number of imidazole rings is 1. The zero-order valence-electron chi connectivity index (χ0n) is 12.3. The van der Waals surface area contributed by atoms with Crippen molar-refractivity contribution in [1.82, 2.24) is 13.5 Å². The van der Waals surface area contributed by atoms with Crippen LogP contribution in [0.15, 0.2) is 36.7 Å². The van der Waals surface area contributed by atoms with Crippen molar-refractivity contribution in [3.05, 3.63) is 53.7 Å². The highest BCUT2D eigenvalue weighted by Gasteiger charge is 2.23. The first-order valence-electron chi connectivity index (χ1n) is 6.62. The van der Waals surface area contributed by atoms with Gasteiger partial charge in [0.1, 0.15) is 5.69 Å². The Balaban J connectivity index is 2.12. The number of hydrogen-bond donors (Lipinski definition) is 0. The second-order valence-electron chi connectivity index (χ2n) is 4.80. The highest BCUT2D eigenvalue weighted by atomic mass is 32.2. The molecule has 2 heterocycles. The number of carbonyl (C=O) groups is 2. The number of rotatable bonds is 4. The Morgan fingerprint density at radius 3 is 2.74 bits per heavy atom. The summed E-state index contributed by atoms with van der Waals surface area (Å²) < 4.78 is 20.3. The molecule has 6 nitrogen and oxygen atoms in total. The fourth-order valence-corrected chi connectivity index (χ4v) is 2.80. The first-order valence-corrected chi connectivity index (χ1v) is 7.29. The summed E-state index contributed by atoms with van der Waals surface area (Å²) in [7, 11) is 2.80. The number of ketones is 1. The topological polar surface area (TPSA) is 66.1 Å². The summed E-state index contributed by atoms with van der Waals surface area (Å²) in [6.07, 6.45) is 2.70. The Hall–Kier alpha value is -2.61. The molecule has 118 valence electrons. The third-order valence-electron chi connectivity index (χ3n) is 3.58. The first-order chi connectivity index (χ1) is 11.1. The summed E-state index contributed by atoms with van der Waals surface area (Å²) >= 11 is 0.0128. The van der Waals surface area contributed by atoms with Crippen LogP contribution in [0.3, 0.4) is 0 Å². The predicted octanol–water partition coefficient (Wildman–Crippen LogP) is 2.77. The van der Waals surface area contributed by atoms with E-state index < -0.39 is 11.8 Å². The van der Waals surface area contributed by atoms with Crippen molar-refractivity contribution in [3.8, 4) is 0 Å². The first kappa shape index (κ1) is 15.3. The predicted molar refractivity (Wildman–Crippen MR) is 84.0 cm³/mol. The molecule has 0 aliphatic heterocycles. The normalized spacial score (nSPS) is 10.9. The Bertz CT molecular complexity index is 916. The third kappa shape index (κ3) is 2.40. The van der Waals surface area contributed by atoms with Gasteiger partial charge in [-0.2, -0.15) is 0 Å². The van der Waals surface area contributed by atoms with Crippen LogP contribution >= 0.6 is 12.3 Å². The second kappa shape index (κ2) is 5.88. The molecule has 2 aromatic heterocycles. The van der Waals surface area contributed by atoms with Gasteiger partial charge in [-0.1, -0.05) is 18.2 Å². The molecule has 0 saturated carbocycles. The van der Waals surface area contributed by atoms with Crippen LogP contribution in [0.25, 0.3) is 10.9 Å². The summed E-state index contributed by atoms with van der Waals surface area (Å²) in [5.41, 5.74) is 1.07. The number of ether oxygens (including phenoxy) is 1. The number of methoxy groups -OCH3 is 1. The van der Waals surface area contributed by atoms with Crippen LogP contribution in [-0.2, 0) is 11.8 Å². The van der Waals surface area contributed by atoms with Crippen LogP contribution in [0.2, 0.25) is 0 Å². The van der Waals surface area contributed by atoms with E-state index >= 15 is 0 Å². The van der Waals surface area contributed by atoms with Crippen molar-refractivity contribution in [1.29, 1.82) is 0 Å². The van der Waals surface area contributed by atoms with E-state index in [0.29, 0.717) is 16.5 Å². The van der Waals surface area contributed by atoms with E-state index in [1.165, 1.54) is 28.0 Å². The van der Waals surface area contributed by atoms with Crippen LogP contribution in [-0.4, -0.2) is 32.4 Å². The molecular weight excluding hydrogens is 321 g/mol. The van der Waals surface area contributed by atoms with Crippen LogP contribution in [0.1, 0.15) is 26.7 Å². The Kier molecular flexibility index (Phi) is 3.91. The fourth-order valence-electron chi connectivity index (χ4n) is 2.42. The van der Waals surface area contributed by atoms with Gasteiger partial charge in [-0.15, -0.1) is 3.89 Å². The smallest absolute Gasteiger partial charge is 0.356 e. The van der Waals surface area contributed by atoms with Gasteiger partial charge in [-0.25, -0.2) is 9.78 Å². The minimum atomic E-state index is -0.583. The molecule has 8 heteroatoms. The van der Waals surface area contributed by atoms with E-state index in [1.54, 1.807) is 31.3 Å². The average molecular weight is 333 g/mol. The molecule has 0 radical (unpaired) electrons. The number of nitrogens with zero attached hydrogens (tertiary/aromatic N) is 3. The van der Waals surface area contributed by atoms with Crippen LogP contribution in [0.5, 0.6) is 0 Å². The van der Waals surface area contributed by atoms with Crippen LogP contribution in [0.4, 0.5) is 3.89 Å². The van der Waals surface area contributed by atoms with Crippen molar-refractivity contribution >= 4 is 35.0 Å². The van der Waals surface area contributed by atoms with Gasteiger partial charge in [0.15, 0.2) is 18.2 Å². The van der Waals surface area contributed by atoms with Gasteiger partial charge in [0.2, 0.25) is 5.78 Å². The SMILES string of the molecule is COC(=O)c1cnc(C(=O)c2cn(SF)c3ccccc23)n1C. The zero-order chi connectivity index (χ0) is 16.6. The molecule has 0 aliphatic carbocycles. The van der Waals surface area contributed by atoms with Gasteiger partial charge >= 0.3 is 5.97 Å². The summed E-state index contributed by atoms with van der Waals surface area (Å²) in [6, 6.07) is 6.99. The molecule has 0 amide bonds. The number of halogens is 1. The van der Waals surface area contributed by atoms with Crippen molar-refractivity contribution in [3.63, 3.8) is 0 Å². The summed E-state index contributed by atoms with van der Waals surface area (Å²) in [5.74, 6) is -0.899. The lowest BCUT2D eigenvalue weighted by atomic mass is 10.1. The molecule has 0 spiro atoms. The quantitative estimate of drug-likeness (QED) is 0.542. The molecule has 1 aromatic carbocycles. The third-order valence-corrected chi connectivity index (χ3v) is 4.03. The number of para-hydroxylation sites is 1. The number of fused-ring (bicyclic) bond motifs is 1. The summed E-state index contributed by atoms with van der Waals surface area (Å²) in [4.78, 5) is 28.4. The molecule has 3 rings (SSSR count). The molecule has 0 fully saturated rings. The van der Waals surface area contributed by atoms with Crippen molar-refractivity contribution < 1.29 is 18.2 Å². The Morgan fingerprint density at radius 1 is 1.30 bits per heavy atom. The van der Waals surface area contributed by atoms with Crippen molar-refractivity contribution in [2.45, 2.75) is 0 Å². The van der Waals surface area contributed by atoms with E-state index in [0.717, 1.165) is 0 Å². The Labute approximate surface area is 135 Å². The number of aromatic nitrogens is 3. The fraction of sp³-hybridized carbons (Fsp3) is 0.133. The second-order valence-corrected chi connectivity index (χ2v) is 5.33. The molecule has 3 aromatic rings. The Morgan fingerprint density at radius 2 is 2.04 bits per heavy atom. The largest absolute Gasteiger partial charge is 0.464 e. The van der Waals surface area contributed by atoms with Crippen molar-refractivity contribution in [2.24, 2.45) is 7.05 Å². The van der Waals surface area contributed by atoms with Gasteiger partial charge in [-0.05, 0) is 6.07 Å². The molecular formula is C15H12FN3O3S. The molecule has 0 atom stereocenters. The highest BCUT2D eigenvalue weighted by molar-refractivity contribution is 7.92. The standard InChI is InChI=1S/C15H12FN3O3S/c1-18-12(15(21)22-2)7-17-14(18)13(20)10-8-19(23-16)11-6-4-3-5-9(10)11/h3-8H,1-2H3. The average Bonchev–Trinajstić information content (AvgIpc) is 3.14. The maximum atomic E-state index is 13.1. The lowest BCUT2D eigenvalue weighted by Crippen LogP contribution is -2.13. The van der Waals surface area contributed by atoms with Crippen molar-refractivity contribution in [2.75, 3.05) is 7.11 Å². The molecule has 23 heavy (non-hydrogen) atoms. The molecule has 0 saturated heterocycles. The van der Waals surface area contributed by atoms with E-state index in [2.05, 4.69) is 9.72 Å². The maximum absolute atomic E-state index is 13.1. The number of carbonyl (C=O) groups excluding carboxylic acids is 2. The van der Waals surface area contributed by atoms with E-state index in [1.807, 2.05) is 0 Å². The minimum absolute atomic E-state index is 0.0128. The van der Waals surface area contributed by atoms with Gasteiger partial charge in [-0.3, -0.25) is 8.77 Å². The van der Waals surface area contributed by atoms with E-state index in [-0.39, 0.29) is 23.9 Å². The zero-order valence-corrected chi connectivity index (χ0v) is 13.1. The molecule has 0 unspecified atom stereocenters. The van der Waals surface area contributed by atoms with Gasteiger partial charge in [0, 0.05) is 18.6 Å². The van der Waals surface area contributed by atoms with Gasteiger partial charge in [0.05, 0.1) is 24.4 Å². The molecule has 0 N–H and O–H groups in total. The van der Waals surface area contributed by atoms with Gasteiger partial charge in [0.25, 0.3) is 0 Å². The minimum Gasteiger partial charge on any atom is -0.464 e. The van der Waals surface area contributed by atoms with Gasteiger partial charge < -0.3 is 9.30 Å². The molecule has 0 bridgehead atoms. The van der Waals surface area contributed by atoms with Crippen LogP contribution in [0, 0.1) is 0 Å². The highest BCUT2D eigenvalue weighted by Crippen LogP contribution is 2.27. The lowest BCUT2D eigenvalue weighted by Gasteiger charge is -2.03. The number of hydrogen-bond acceptors (Lipinski definition) is 5.